The Balaban J connectivity index is 3.17. The molecule has 34 valence electrons. The van der Waals surface area contributed by atoms with E-state index in [1.165, 1.54) is 0 Å². The molecule has 0 radical (unpaired) electrons. The first-order valence-corrected chi connectivity index (χ1v) is 7.01. The molecule has 0 nitrogen and oxygen atoms in total. The molecule has 0 atom stereocenters. The Morgan fingerprint density at radius 3 is 1.33 bits per heavy atom. The van der Waals surface area contributed by atoms with Crippen LogP contribution >= 0.6 is 0 Å². The van der Waals surface area contributed by atoms with Gasteiger partial charge in [-0.15, -0.1) is 0 Å². The summed E-state index contributed by atoms with van der Waals surface area (Å²) in [5.74, 6) is 0. The number of hydrogen-bond acceptors (Lipinski definition) is 0. The van der Waals surface area contributed by atoms with Crippen LogP contribution in [-0.2, 0) is 17.1 Å². The summed E-state index contributed by atoms with van der Waals surface area (Å²) in [6.07, 6.45) is 0. The zero-order valence-corrected chi connectivity index (χ0v) is 8.17. The van der Waals surface area contributed by atoms with Crippen molar-refractivity contribution in [2.75, 3.05) is 0 Å². The quantitative estimate of drug-likeness (QED) is 0.450. The van der Waals surface area contributed by atoms with Crippen LogP contribution in [-0.4, -0.2) is 0 Å². The van der Waals surface area contributed by atoms with Crippen LogP contribution in [0.15, 0.2) is 0 Å². The van der Waals surface area contributed by atoms with Crippen molar-refractivity contribution in [1.29, 1.82) is 0 Å². The third-order valence-corrected chi connectivity index (χ3v) is 5.51. The number of rotatable bonds is 0. The molecule has 6 heavy (non-hydrogen) atoms. The molecule has 0 saturated heterocycles. The summed E-state index contributed by atoms with van der Waals surface area (Å²) in [5, 5.41) is 0. The van der Waals surface area contributed by atoms with Crippen molar-refractivity contribution in [1.82, 2.24) is 0 Å². The van der Waals surface area contributed by atoms with Gasteiger partial charge in [0.25, 0.3) is 0 Å². The fourth-order valence-corrected chi connectivity index (χ4v) is 0. The van der Waals surface area contributed by atoms with Crippen LogP contribution in [0, 0.1) is 0 Å². The molecule has 0 unspecified atom stereocenters. The Morgan fingerprint density at radius 2 is 1.33 bits per heavy atom. The van der Waals surface area contributed by atoms with Gasteiger partial charge >= 0.3 is 47.4 Å². The normalized spacial score (nSPS) is 10.7. The van der Waals surface area contributed by atoms with E-state index in [1.807, 2.05) is 0 Å². The molecule has 0 fully saturated rings. The molecule has 0 spiro atoms. The summed E-state index contributed by atoms with van der Waals surface area (Å²) >= 11 is -0.104. The van der Waals surface area contributed by atoms with Crippen LogP contribution in [0.2, 0.25) is 9.53 Å². The summed E-state index contributed by atoms with van der Waals surface area (Å²) in [6.45, 7) is 6.98. The van der Waals surface area contributed by atoms with E-state index >= 15 is 0 Å². The molecule has 0 heterocycles. The average molecular weight is 138 g/mol. The Hall–Kier alpha value is 0.623. The van der Waals surface area contributed by atoms with Gasteiger partial charge in [0.15, 0.2) is 0 Å². The second kappa shape index (κ2) is 2.07. The Bertz CT molecular complexity index is 33.7. The summed E-state index contributed by atoms with van der Waals surface area (Å²) < 4.78 is 0.729. The first kappa shape index (κ1) is 6.62. The SMILES string of the molecule is [CH3][Zn][C](C)(C)C. The van der Waals surface area contributed by atoms with Crippen LogP contribution in [0.3, 0.4) is 0 Å². The standard InChI is InChI=1S/C4H9.CH3.Zn/c1-4(2)3;;/h1-3H3;1H3;. The van der Waals surface area contributed by atoms with Crippen molar-refractivity contribution in [3.63, 3.8) is 0 Å². The molecule has 0 aliphatic carbocycles. The van der Waals surface area contributed by atoms with Crippen LogP contribution in [0.25, 0.3) is 0 Å². The van der Waals surface area contributed by atoms with E-state index in [0.29, 0.717) is 0 Å². The van der Waals surface area contributed by atoms with Gasteiger partial charge in [0, 0.05) is 0 Å². The zero-order chi connectivity index (χ0) is 5.21. The molecule has 0 aliphatic heterocycles. The van der Waals surface area contributed by atoms with Crippen LogP contribution < -0.4 is 0 Å². The van der Waals surface area contributed by atoms with Crippen molar-refractivity contribution >= 4 is 0 Å². The van der Waals surface area contributed by atoms with Gasteiger partial charge in [-0.3, -0.25) is 0 Å². The predicted molar refractivity (Wildman–Crippen MR) is 25.6 cm³/mol. The van der Waals surface area contributed by atoms with E-state index in [-0.39, 0.29) is 17.1 Å². The molecular formula is C5H12Zn. The molecule has 0 aromatic heterocycles. The first-order chi connectivity index (χ1) is 2.56. The Morgan fingerprint density at radius 1 is 1.17 bits per heavy atom. The van der Waals surface area contributed by atoms with Gasteiger partial charge in [-0.25, -0.2) is 0 Å². The number of hydrogen-bond donors (Lipinski definition) is 0. The van der Waals surface area contributed by atoms with Gasteiger partial charge in [-0.1, -0.05) is 0 Å². The fraction of sp³-hybridized carbons (Fsp3) is 1.00. The van der Waals surface area contributed by atoms with Crippen molar-refractivity contribution in [2.24, 2.45) is 0 Å². The van der Waals surface area contributed by atoms with Crippen molar-refractivity contribution in [3.05, 3.63) is 0 Å². The Labute approximate surface area is 47.9 Å². The summed E-state index contributed by atoms with van der Waals surface area (Å²) in [4.78, 5) is 0. The maximum atomic E-state index is 2.40. The van der Waals surface area contributed by atoms with E-state index in [4.69, 9.17) is 0 Å². The molecule has 0 bridgehead atoms. The van der Waals surface area contributed by atoms with Crippen molar-refractivity contribution < 1.29 is 17.1 Å². The fourth-order valence-electron chi connectivity index (χ4n) is 0. The van der Waals surface area contributed by atoms with Crippen LogP contribution in [0.5, 0.6) is 0 Å². The summed E-state index contributed by atoms with van der Waals surface area (Å²) in [5.41, 5.74) is 2.40. The van der Waals surface area contributed by atoms with Crippen molar-refractivity contribution in [3.8, 4) is 0 Å². The monoisotopic (exact) mass is 136 g/mol. The summed E-state index contributed by atoms with van der Waals surface area (Å²) in [6, 6.07) is 0. The molecule has 0 rings (SSSR count). The maximum absolute atomic E-state index is 2.40. The third kappa shape index (κ3) is 4.62. The Kier molecular flexibility index (Phi) is 2.28. The minimum absolute atomic E-state index is 0.104. The molecule has 1 heteroatoms. The van der Waals surface area contributed by atoms with E-state index < -0.39 is 0 Å². The first-order valence-electron chi connectivity index (χ1n) is 2.56. The summed E-state index contributed by atoms with van der Waals surface area (Å²) in [7, 11) is 0. The molecule has 0 N–H and O–H groups in total. The van der Waals surface area contributed by atoms with Gasteiger partial charge < -0.3 is 0 Å². The second-order valence-electron chi connectivity index (χ2n) is 2.91. The molecule has 0 amide bonds. The van der Waals surface area contributed by atoms with Crippen LogP contribution in [0.4, 0.5) is 0 Å². The van der Waals surface area contributed by atoms with Gasteiger partial charge in [0.05, 0.1) is 0 Å². The van der Waals surface area contributed by atoms with E-state index in [9.17, 15) is 0 Å². The predicted octanol–water partition coefficient (Wildman–Crippen LogP) is 2.34. The average Bonchev–Trinajstić information content (AvgIpc) is 1.35. The van der Waals surface area contributed by atoms with Gasteiger partial charge in [0.2, 0.25) is 0 Å². The van der Waals surface area contributed by atoms with Gasteiger partial charge in [-0.2, -0.15) is 0 Å². The van der Waals surface area contributed by atoms with Crippen LogP contribution in [0.1, 0.15) is 20.8 Å². The third-order valence-electron chi connectivity index (χ3n) is 1.06. The molecule has 0 aliphatic rings. The second-order valence-corrected chi connectivity index (χ2v) is 8.85. The molecular weight excluding hydrogens is 125 g/mol. The van der Waals surface area contributed by atoms with Gasteiger partial charge in [-0.05, 0) is 0 Å². The van der Waals surface area contributed by atoms with Crippen molar-refractivity contribution in [2.45, 2.75) is 30.3 Å². The topological polar surface area (TPSA) is 0 Å². The molecule has 0 saturated carbocycles. The van der Waals surface area contributed by atoms with Gasteiger partial charge in [0.1, 0.15) is 0 Å². The molecule has 0 aromatic carbocycles. The van der Waals surface area contributed by atoms with E-state index in [2.05, 4.69) is 26.3 Å². The van der Waals surface area contributed by atoms with E-state index in [0.717, 1.165) is 4.01 Å². The molecule has 0 aromatic rings. The zero-order valence-electron chi connectivity index (χ0n) is 5.21. The van der Waals surface area contributed by atoms with E-state index in [1.54, 1.807) is 0 Å². The minimum atomic E-state index is -0.104.